The Hall–Kier alpha value is -1.56. The van der Waals surface area contributed by atoms with Crippen molar-refractivity contribution in [3.63, 3.8) is 0 Å². The summed E-state index contributed by atoms with van der Waals surface area (Å²) in [7, 11) is 0. The predicted molar refractivity (Wildman–Crippen MR) is 98.8 cm³/mol. The highest BCUT2D eigenvalue weighted by Crippen LogP contribution is 2.32. The molecule has 0 N–H and O–H groups in total. The van der Waals surface area contributed by atoms with E-state index in [4.69, 9.17) is 0 Å². The normalized spacial score (nSPS) is 12.5. The first-order chi connectivity index (χ1) is 10.00. The van der Waals surface area contributed by atoms with E-state index in [1.54, 1.807) is 0 Å². The van der Waals surface area contributed by atoms with Crippen molar-refractivity contribution < 1.29 is 0 Å². The first kappa shape index (κ1) is 16.8. The molecule has 0 nitrogen and oxygen atoms in total. The molecule has 0 aromatic heterocycles. The van der Waals surface area contributed by atoms with Gasteiger partial charge >= 0.3 is 0 Å². The Morgan fingerprint density at radius 1 is 0.636 bits per heavy atom. The van der Waals surface area contributed by atoms with Gasteiger partial charge in [0.25, 0.3) is 0 Å². The number of benzene rings is 2. The maximum absolute atomic E-state index is 2.34. The zero-order valence-corrected chi connectivity index (χ0v) is 15.5. The van der Waals surface area contributed by atoms with Gasteiger partial charge in [0.1, 0.15) is 0 Å². The topological polar surface area (TPSA) is 0 Å². The van der Waals surface area contributed by atoms with Crippen LogP contribution in [0.15, 0.2) is 36.4 Å². The summed E-state index contributed by atoms with van der Waals surface area (Å²) in [6.07, 6.45) is 0. The molecule has 0 radical (unpaired) electrons. The van der Waals surface area contributed by atoms with Crippen LogP contribution in [0.2, 0.25) is 0 Å². The maximum atomic E-state index is 2.34. The molecule has 0 aliphatic rings. The number of hydrogen-bond acceptors (Lipinski definition) is 0. The molecule has 0 aliphatic carbocycles. The molecule has 2 rings (SSSR count). The fourth-order valence-corrected chi connectivity index (χ4v) is 3.13. The third-order valence-electron chi connectivity index (χ3n) is 4.44. The summed E-state index contributed by atoms with van der Waals surface area (Å²) in [6.45, 7) is 18.1. The second kappa shape index (κ2) is 5.57. The summed E-state index contributed by atoms with van der Waals surface area (Å²) in [5.74, 6) is 0. The Morgan fingerprint density at radius 3 is 1.73 bits per heavy atom. The average Bonchev–Trinajstić information content (AvgIpc) is 2.35. The molecule has 0 saturated heterocycles. The molecular formula is C22H30. The van der Waals surface area contributed by atoms with E-state index in [0.29, 0.717) is 0 Å². The third kappa shape index (κ3) is 3.43. The van der Waals surface area contributed by atoms with Crippen molar-refractivity contribution in [2.75, 3.05) is 0 Å². The molecule has 0 bridgehead atoms. The fraction of sp³-hybridized carbons (Fsp3) is 0.455. The fourth-order valence-electron chi connectivity index (χ4n) is 3.13. The van der Waals surface area contributed by atoms with Gasteiger partial charge in [0.05, 0.1) is 0 Å². The monoisotopic (exact) mass is 294 g/mol. The van der Waals surface area contributed by atoms with Crippen molar-refractivity contribution in [1.29, 1.82) is 0 Å². The van der Waals surface area contributed by atoms with Crippen LogP contribution >= 0.6 is 0 Å². The van der Waals surface area contributed by atoms with E-state index >= 15 is 0 Å². The van der Waals surface area contributed by atoms with Gasteiger partial charge in [-0.3, -0.25) is 0 Å². The summed E-state index contributed by atoms with van der Waals surface area (Å²) < 4.78 is 0. The van der Waals surface area contributed by atoms with E-state index in [0.717, 1.165) is 0 Å². The van der Waals surface area contributed by atoms with Crippen molar-refractivity contribution in [3.8, 4) is 11.1 Å². The van der Waals surface area contributed by atoms with Gasteiger partial charge in [0, 0.05) is 0 Å². The van der Waals surface area contributed by atoms with Crippen LogP contribution in [0, 0.1) is 13.8 Å². The van der Waals surface area contributed by atoms with Crippen LogP contribution in [-0.2, 0) is 10.8 Å². The van der Waals surface area contributed by atoms with Gasteiger partial charge in [0.15, 0.2) is 0 Å². The van der Waals surface area contributed by atoms with Crippen LogP contribution in [0.1, 0.15) is 63.8 Å². The Balaban J connectivity index is 2.47. The smallest absolute Gasteiger partial charge is 0.0129 e. The highest BCUT2D eigenvalue weighted by molar-refractivity contribution is 5.69. The Bertz CT molecular complexity index is 676. The third-order valence-corrected chi connectivity index (χ3v) is 4.44. The lowest BCUT2D eigenvalue weighted by Gasteiger charge is -2.23. The summed E-state index contributed by atoms with van der Waals surface area (Å²) in [6, 6.07) is 13.8. The van der Waals surface area contributed by atoms with E-state index in [1.807, 2.05) is 0 Å². The van der Waals surface area contributed by atoms with Gasteiger partial charge in [-0.05, 0) is 58.1 Å². The molecule has 0 amide bonds. The predicted octanol–water partition coefficient (Wildman–Crippen LogP) is 6.57. The van der Waals surface area contributed by atoms with Crippen LogP contribution < -0.4 is 0 Å². The SMILES string of the molecule is Cc1cc(C(C)(C)C)ccc1-c1ccc(C(C)(C)C)c(C)c1. The highest BCUT2D eigenvalue weighted by Gasteiger charge is 2.18. The van der Waals surface area contributed by atoms with Crippen LogP contribution in [0.25, 0.3) is 11.1 Å². The molecular weight excluding hydrogens is 264 g/mol. The van der Waals surface area contributed by atoms with Gasteiger partial charge in [-0.15, -0.1) is 0 Å². The lowest BCUT2D eigenvalue weighted by molar-refractivity contribution is 0.586. The van der Waals surface area contributed by atoms with Gasteiger partial charge in [-0.25, -0.2) is 0 Å². The van der Waals surface area contributed by atoms with Gasteiger partial charge in [0.2, 0.25) is 0 Å². The minimum atomic E-state index is 0.202. The molecule has 118 valence electrons. The van der Waals surface area contributed by atoms with E-state index in [2.05, 4.69) is 91.8 Å². The largest absolute Gasteiger partial charge is 0.0579 e. The van der Waals surface area contributed by atoms with Crippen LogP contribution in [-0.4, -0.2) is 0 Å². The summed E-state index contributed by atoms with van der Waals surface area (Å²) in [5.41, 5.74) is 8.64. The lowest BCUT2D eigenvalue weighted by atomic mass is 9.82. The first-order valence-corrected chi connectivity index (χ1v) is 8.23. The van der Waals surface area contributed by atoms with E-state index in [9.17, 15) is 0 Å². The van der Waals surface area contributed by atoms with Crippen LogP contribution in [0.3, 0.4) is 0 Å². The molecule has 0 spiro atoms. The summed E-state index contributed by atoms with van der Waals surface area (Å²) in [4.78, 5) is 0. The van der Waals surface area contributed by atoms with E-state index in [1.165, 1.54) is 33.4 Å². The molecule has 0 heterocycles. The first-order valence-electron chi connectivity index (χ1n) is 8.23. The Labute approximate surface area is 136 Å². The lowest BCUT2D eigenvalue weighted by Crippen LogP contribution is -2.13. The second-order valence-electron chi connectivity index (χ2n) is 8.56. The van der Waals surface area contributed by atoms with Gasteiger partial charge in [-0.2, -0.15) is 0 Å². The van der Waals surface area contributed by atoms with Gasteiger partial charge < -0.3 is 0 Å². The quantitative estimate of drug-likeness (QED) is 0.558. The number of aryl methyl sites for hydroxylation is 2. The molecule has 0 heteroatoms. The van der Waals surface area contributed by atoms with Crippen molar-refractivity contribution in [1.82, 2.24) is 0 Å². The Kier molecular flexibility index (Phi) is 4.26. The molecule has 2 aromatic carbocycles. The minimum absolute atomic E-state index is 0.202. The van der Waals surface area contributed by atoms with Crippen molar-refractivity contribution in [3.05, 3.63) is 58.7 Å². The molecule has 22 heavy (non-hydrogen) atoms. The average molecular weight is 294 g/mol. The number of hydrogen-bond donors (Lipinski definition) is 0. The van der Waals surface area contributed by atoms with Crippen molar-refractivity contribution in [2.24, 2.45) is 0 Å². The minimum Gasteiger partial charge on any atom is -0.0579 e. The number of rotatable bonds is 1. The van der Waals surface area contributed by atoms with Crippen molar-refractivity contribution in [2.45, 2.75) is 66.2 Å². The highest BCUT2D eigenvalue weighted by atomic mass is 14.2. The zero-order chi connectivity index (χ0) is 16.7. The molecule has 2 aromatic rings. The Morgan fingerprint density at radius 2 is 1.27 bits per heavy atom. The standard InChI is InChI=1S/C22H30/c1-15-14-18(21(3,4)5)10-11-19(15)17-9-12-20(16(2)13-17)22(6,7)8/h9-14H,1-8H3. The van der Waals surface area contributed by atoms with E-state index < -0.39 is 0 Å². The summed E-state index contributed by atoms with van der Waals surface area (Å²) >= 11 is 0. The van der Waals surface area contributed by atoms with Gasteiger partial charge in [-0.1, -0.05) is 77.9 Å². The van der Waals surface area contributed by atoms with E-state index in [-0.39, 0.29) is 10.8 Å². The second-order valence-corrected chi connectivity index (χ2v) is 8.56. The molecule has 0 atom stereocenters. The van der Waals surface area contributed by atoms with Crippen LogP contribution in [0.5, 0.6) is 0 Å². The van der Waals surface area contributed by atoms with Crippen LogP contribution in [0.4, 0.5) is 0 Å². The zero-order valence-electron chi connectivity index (χ0n) is 15.5. The summed E-state index contributed by atoms with van der Waals surface area (Å²) in [5, 5.41) is 0. The molecule has 0 aliphatic heterocycles. The molecule has 0 saturated carbocycles. The maximum Gasteiger partial charge on any atom is -0.0129 e. The molecule has 0 fully saturated rings. The molecule has 0 unspecified atom stereocenters. The van der Waals surface area contributed by atoms with Crippen molar-refractivity contribution >= 4 is 0 Å².